The second-order valence-corrected chi connectivity index (χ2v) is 6.86. The molecule has 0 bridgehead atoms. The van der Waals surface area contributed by atoms with Gasteiger partial charge in [-0.1, -0.05) is 58.4 Å². The Morgan fingerprint density at radius 1 is 1.12 bits per heavy atom. The van der Waals surface area contributed by atoms with Crippen LogP contribution in [0.1, 0.15) is 28.9 Å². The summed E-state index contributed by atoms with van der Waals surface area (Å²) in [4.78, 5) is 23.7. The molecule has 1 unspecified atom stereocenters. The Labute approximate surface area is 160 Å². The van der Waals surface area contributed by atoms with Gasteiger partial charge in [-0.25, -0.2) is 0 Å². The van der Waals surface area contributed by atoms with E-state index in [0.29, 0.717) is 11.3 Å². The molecule has 1 amide bonds. The van der Waals surface area contributed by atoms with Crippen LogP contribution in [0.5, 0.6) is 5.75 Å². The van der Waals surface area contributed by atoms with Crippen molar-refractivity contribution in [1.82, 2.24) is 5.32 Å². The van der Waals surface area contributed by atoms with Crippen LogP contribution < -0.4 is 10.1 Å². The van der Waals surface area contributed by atoms with Gasteiger partial charge in [0.15, 0.2) is 12.9 Å². The summed E-state index contributed by atoms with van der Waals surface area (Å²) in [6.07, 6.45) is 0.764. The molecule has 3 aromatic carbocycles. The minimum Gasteiger partial charge on any atom is -0.483 e. The van der Waals surface area contributed by atoms with Crippen molar-refractivity contribution in [2.24, 2.45) is 0 Å². The van der Waals surface area contributed by atoms with Crippen LogP contribution in [0, 0.1) is 0 Å². The van der Waals surface area contributed by atoms with Crippen LogP contribution in [0.4, 0.5) is 0 Å². The van der Waals surface area contributed by atoms with Crippen molar-refractivity contribution >= 4 is 38.9 Å². The molecule has 26 heavy (non-hydrogen) atoms. The number of aldehydes is 1. The predicted molar refractivity (Wildman–Crippen MR) is 106 cm³/mol. The minimum absolute atomic E-state index is 0.138. The topological polar surface area (TPSA) is 55.4 Å². The van der Waals surface area contributed by atoms with Gasteiger partial charge in [0, 0.05) is 4.47 Å². The summed E-state index contributed by atoms with van der Waals surface area (Å²) in [5.41, 5.74) is 1.46. The molecule has 1 N–H and O–H groups in total. The molecule has 0 saturated carbocycles. The van der Waals surface area contributed by atoms with Crippen LogP contribution in [0.2, 0.25) is 0 Å². The third kappa shape index (κ3) is 4.11. The molecule has 5 heteroatoms. The van der Waals surface area contributed by atoms with Gasteiger partial charge in [0.1, 0.15) is 5.75 Å². The first-order valence-electron chi connectivity index (χ1n) is 8.23. The number of benzene rings is 3. The average Bonchev–Trinajstić information content (AvgIpc) is 2.66. The van der Waals surface area contributed by atoms with Gasteiger partial charge < -0.3 is 10.1 Å². The summed E-state index contributed by atoms with van der Waals surface area (Å²) < 4.78 is 6.59. The number of carbonyl (C=O) groups excluding carboxylic acids is 2. The van der Waals surface area contributed by atoms with Crippen molar-refractivity contribution in [2.45, 2.75) is 13.0 Å². The van der Waals surface area contributed by atoms with Crippen LogP contribution in [0.25, 0.3) is 10.8 Å². The third-order valence-corrected chi connectivity index (χ3v) is 4.68. The van der Waals surface area contributed by atoms with Gasteiger partial charge in [-0.15, -0.1) is 0 Å². The molecule has 3 aromatic rings. The lowest BCUT2D eigenvalue weighted by Gasteiger charge is -2.15. The number of fused-ring (bicyclic) bond motifs is 1. The molecule has 0 fully saturated rings. The molecule has 0 aromatic heterocycles. The molecule has 132 valence electrons. The maximum absolute atomic E-state index is 12.2. The molecule has 0 spiro atoms. The maximum Gasteiger partial charge on any atom is 0.258 e. The molecular formula is C21H18BrNO3. The van der Waals surface area contributed by atoms with Gasteiger partial charge in [-0.2, -0.15) is 0 Å². The summed E-state index contributed by atoms with van der Waals surface area (Å²) in [6.45, 7) is 1.76. The van der Waals surface area contributed by atoms with Crippen LogP contribution in [-0.2, 0) is 4.79 Å². The smallest absolute Gasteiger partial charge is 0.258 e. The maximum atomic E-state index is 12.2. The SMILES string of the molecule is CC(NC(=O)COc1ccc2ccccc2c1C=O)c1ccc(Br)cc1. The number of nitrogens with one attached hydrogen (secondary N) is 1. The highest BCUT2D eigenvalue weighted by Crippen LogP contribution is 2.26. The zero-order valence-corrected chi connectivity index (χ0v) is 15.8. The summed E-state index contributed by atoms with van der Waals surface area (Å²) in [5, 5.41) is 4.66. The Balaban J connectivity index is 1.67. The zero-order valence-electron chi connectivity index (χ0n) is 14.2. The highest BCUT2D eigenvalue weighted by molar-refractivity contribution is 9.10. The lowest BCUT2D eigenvalue weighted by molar-refractivity contribution is -0.123. The van der Waals surface area contributed by atoms with E-state index in [1.807, 2.05) is 61.5 Å². The first kappa shape index (κ1) is 18.1. The second-order valence-electron chi connectivity index (χ2n) is 5.95. The Morgan fingerprint density at radius 3 is 2.58 bits per heavy atom. The van der Waals surface area contributed by atoms with Crippen molar-refractivity contribution in [3.8, 4) is 5.75 Å². The first-order chi connectivity index (χ1) is 12.6. The number of hydrogen-bond acceptors (Lipinski definition) is 3. The number of rotatable bonds is 6. The molecule has 0 aliphatic carbocycles. The van der Waals surface area contributed by atoms with E-state index < -0.39 is 0 Å². The number of ether oxygens (including phenoxy) is 1. The van der Waals surface area contributed by atoms with Crippen molar-refractivity contribution in [3.05, 3.63) is 76.3 Å². The lowest BCUT2D eigenvalue weighted by Crippen LogP contribution is -2.31. The van der Waals surface area contributed by atoms with E-state index in [0.717, 1.165) is 27.1 Å². The summed E-state index contributed by atoms with van der Waals surface area (Å²) in [6, 6.07) is 18.8. The van der Waals surface area contributed by atoms with Crippen molar-refractivity contribution in [1.29, 1.82) is 0 Å². The highest BCUT2D eigenvalue weighted by atomic mass is 79.9. The molecule has 3 rings (SSSR count). The molecular weight excluding hydrogens is 394 g/mol. The van der Waals surface area contributed by atoms with Crippen LogP contribution in [0.15, 0.2) is 65.1 Å². The molecule has 0 heterocycles. The van der Waals surface area contributed by atoms with Crippen molar-refractivity contribution in [3.63, 3.8) is 0 Å². The number of carbonyl (C=O) groups is 2. The summed E-state index contributed by atoms with van der Waals surface area (Å²) in [5.74, 6) is 0.163. The van der Waals surface area contributed by atoms with E-state index in [2.05, 4.69) is 21.2 Å². The fourth-order valence-corrected chi connectivity index (χ4v) is 3.05. The summed E-state index contributed by atoms with van der Waals surface area (Å²) >= 11 is 3.39. The van der Waals surface area contributed by atoms with E-state index in [1.54, 1.807) is 6.07 Å². The summed E-state index contributed by atoms with van der Waals surface area (Å²) in [7, 11) is 0. The van der Waals surface area contributed by atoms with Gasteiger partial charge >= 0.3 is 0 Å². The Morgan fingerprint density at radius 2 is 1.85 bits per heavy atom. The van der Waals surface area contributed by atoms with E-state index in [-0.39, 0.29) is 18.6 Å². The third-order valence-electron chi connectivity index (χ3n) is 4.15. The Hall–Kier alpha value is -2.66. The molecule has 0 radical (unpaired) electrons. The van der Waals surface area contributed by atoms with Gasteiger partial charge in [0.25, 0.3) is 5.91 Å². The molecule has 4 nitrogen and oxygen atoms in total. The highest BCUT2D eigenvalue weighted by Gasteiger charge is 2.12. The largest absolute Gasteiger partial charge is 0.483 e. The normalized spacial score (nSPS) is 11.8. The quantitative estimate of drug-likeness (QED) is 0.599. The van der Waals surface area contributed by atoms with E-state index in [1.165, 1.54) is 0 Å². The van der Waals surface area contributed by atoms with Crippen LogP contribution >= 0.6 is 15.9 Å². The molecule has 0 aliphatic heterocycles. The van der Waals surface area contributed by atoms with Crippen molar-refractivity contribution in [2.75, 3.05) is 6.61 Å². The Kier molecular flexibility index (Phi) is 5.68. The fourth-order valence-electron chi connectivity index (χ4n) is 2.78. The van der Waals surface area contributed by atoms with E-state index in [4.69, 9.17) is 4.74 Å². The van der Waals surface area contributed by atoms with Gasteiger partial charge in [-0.3, -0.25) is 9.59 Å². The molecule has 0 aliphatic rings. The number of hydrogen-bond donors (Lipinski definition) is 1. The Bertz CT molecular complexity index is 938. The lowest BCUT2D eigenvalue weighted by atomic mass is 10.0. The second kappa shape index (κ2) is 8.15. The van der Waals surface area contributed by atoms with Gasteiger partial charge in [0.2, 0.25) is 0 Å². The first-order valence-corrected chi connectivity index (χ1v) is 9.02. The van der Waals surface area contributed by atoms with Crippen LogP contribution in [-0.4, -0.2) is 18.8 Å². The monoisotopic (exact) mass is 411 g/mol. The molecule has 1 atom stereocenters. The van der Waals surface area contributed by atoms with E-state index >= 15 is 0 Å². The predicted octanol–water partition coefficient (Wildman–Crippen LogP) is 4.67. The number of halogens is 1. The van der Waals surface area contributed by atoms with Gasteiger partial charge in [0.05, 0.1) is 11.6 Å². The van der Waals surface area contributed by atoms with E-state index in [9.17, 15) is 9.59 Å². The van der Waals surface area contributed by atoms with Crippen LogP contribution in [0.3, 0.4) is 0 Å². The minimum atomic E-state index is -0.245. The van der Waals surface area contributed by atoms with Crippen molar-refractivity contribution < 1.29 is 14.3 Å². The standard InChI is InChI=1S/C21H18BrNO3/c1-14(15-6-9-17(22)10-7-15)23-21(25)13-26-20-11-8-16-4-2-3-5-18(16)19(20)12-24/h2-12,14H,13H2,1H3,(H,23,25). The number of amides is 1. The fraction of sp³-hybridized carbons (Fsp3) is 0.143. The zero-order chi connectivity index (χ0) is 18.5. The molecule has 0 saturated heterocycles. The average molecular weight is 412 g/mol. The van der Waals surface area contributed by atoms with Gasteiger partial charge in [-0.05, 0) is 41.5 Å².